The van der Waals surface area contributed by atoms with Crippen LogP contribution in [0, 0.1) is 23.7 Å². The lowest BCUT2D eigenvalue weighted by molar-refractivity contribution is -0.136. The number of methoxy groups -OCH3 is 1. The van der Waals surface area contributed by atoms with Crippen molar-refractivity contribution in [3.05, 3.63) is 23.3 Å². The van der Waals surface area contributed by atoms with Gasteiger partial charge in [0.2, 0.25) is 0 Å². The van der Waals surface area contributed by atoms with Crippen molar-refractivity contribution in [3.63, 3.8) is 0 Å². The summed E-state index contributed by atoms with van der Waals surface area (Å²) in [5.74, 6) is 1.75. The Kier molecular flexibility index (Phi) is 2.73. The SMILES string of the molecule is COC(=O)C1=CC2C3C=C(COC=O)[C@@H](C3)C2C1. The average Bonchev–Trinajstić information content (AvgIpc) is 3.05. The molecule has 1 fully saturated rings. The summed E-state index contributed by atoms with van der Waals surface area (Å²) in [4.78, 5) is 21.8. The predicted octanol–water partition coefficient (Wildman–Crippen LogP) is 1.47. The normalized spacial score (nSPS) is 35.8. The van der Waals surface area contributed by atoms with Crippen molar-refractivity contribution in [3.8, 4) is 0 Å². The molecular weight excluding hydrogens is 232 g/mol. The largest absolute Gasteiger partial charge is 0.466 e. The molecule has 96 valence electrons. The second-order valence-electron chi connectivity index (χ2n) is 5.28. The highest BCUT2D eigenvalue weighted by Gasteiger charge is 2.50. The Morgan fingerprint density at radius 3 is 3.06 bits per heavy atom. The van der Waals surface area contributed by atoms with Gasteiger partial charge in [0.25, 0.3) is 6.47 Å². The van der Waals surface area contributed by atoms with Crippen LogP contribution in [0.4, 0.5) is 0 Å². The maximum Gasteiger partial charge on any atom is 0.333 e. The Hall–Kier alpha value is -1.58. The lowest BCUT2D eigenvalue weighted by Crippen LogP contribution is -2.19. The van der Waals surface area contributed by atoms with E-state index in [1.165, 1.54) is 12.7 Å². The summed E-state index contributed by atoms with van der Waals surface area (Å²) >= 11 is 0. The van der Waals surface area contributed by atoms with Gasteiger partial charge in [0.05, 0.1) is 7.11 Å². The molecular formula is C14H16O4. The summed E-state index contributed by atoms with van der Waals surface area (Å²) < 4.78 is 9.64. The quantitative estimate of drug-likeness (QED) is 0.429. The fourth-order valence-corrected chi connectivity index (χ4v) is 3.86. The van der Waals surface area contributed by atoms with Crippen LogP contribution in [0.15, 0.2) is 23.3 Å². The van der Waals surface area contributed by atoms with Gasteiger partial charge in [-0.15, -0.1) is 0 Å². The van der Waals surface area contributed by atoms with E-state index in [9.17, 15) is 9.59 Å². The molecule has 18 heavy (non-hydrogen) atoms. The molecule has 2 bridgehead atoms. The smallest absolute Gasteiger partial charge is 0.333 e. The molecule has 0 heterocycles. The van der Waals surface area contributed by atoms with Gasteiger partial charge >= 0.3 is 5.97 Å². The maximum absolute atomic E-state index is 11.6. The van der Waals surface area contributed by atoms with Gasteiger partial charge in [-0.1, -0.05) is 12.2 Å². The number of hydrogen-bond donors (Lipinski definition) is 0. The minimum atomic E-state index is -0.200. The van der Waals surface area contributed by atoms with Crippen molar-refractivity contribution in [2.45, 2.75) is 12.8 Å². The molecule has 0 aromatic rings. The topological polar surface area (TPSA) is 52.6 Å². The van der Waals surface area contributed by atoms with Gasteiger partial charge < -0.3 is 9.47 Å². The lowest BCUT2D eigenvalue weighted by atomic mass is 9.81. The maximum atomic E-state index is 11.6. The highest BCUT2D eigenvalue weighted by atomic mass is 16.5. The van der Waals surface area contributed by atoms with Gasteiger partial charge in [-0.05, 0) is 42.1 Å². The summed E-state index contributed by atoms with van der Waals surface area (Å²) in [6.45, 7) is 0.901. The first-order valence-electron chi connectivity index (χ1n) is 6.29. The Bertz CT molecular complexity index is 449. The molecule has 4 atom stereocenters. The molecule has 4 heteroatoms. The van der Waals surface area contributed by atoms with E-state index in [4.69, 9.17) is 9.47 Å². The zero-order valence-corrected chi connectivity index (χ0v) is 10.3. The van der Waals surface area contributed by atoms with Gasteiger partial charge in [-0.2, -0.15) is 0 Å². The zero-order chi connectivity index (χ0) is 12.7. The number of allylic oxidation sites excluding steroid dienone is 2. The Labute approximate surface area is 106 Å². The molecule has 3 aliphatic carbocycles. The van der Waals surface area contributed by atoms with Crippen LogP contribution in [0.2, 0.25) is 0 Å². The number of hydrogen-bond acceptors (Lipinski definition) is 4. The van der Waals surface area contributed by atoms with E-state index < -0.39 is 0 Å². The van der Waals surface area contributed by atoms with Crippen LogP contribution in [0.3, 0.4) is 0 Å². The lowest BCUT2D eigenvalue weighted by Gasteiger charge is -2.24. The van der Waals surface area contributed by atoms with E-state index in [0.717, 1.165) is 18.4 Å². The van der Waals surface area contributed by atoms with Crippen LogP contribution in [-0.2, 0) is 19.1 Å². The van der Waals surface area contributed by atoms with Gasteiger partial charge in [0.1, 0.15) is 6.61 Å². The summed E-state index contributed by atoms with van der Waals surface area (Å²) in [7, 11) is 1.42. The van der Waals surface area contributed by atoms with Gasteiger partial charge in [-0.25, -0.2) is 4.79 Å². The first-order valence-corrected chi connectivity index (χ1v) is 6.29. The molecule has 0 aromatic carbocycles. The van der Waals surface area contributed by atoms with Gasteiger partial charge in [0, 0.05) is 5.57 Å². The van der Waals surface area contributed by atoms with Crippen LogP contribution in [0.25, 0.3) is 0 Å². The van der Waals surface area contributed by atoms with Crippen LogP contribution in [0.1, 0.15) is 12.8 Å². The van der Waals surface area contributed by atoms with Crippen molar-refractivity contribution in [1.82, 2.24) is 0 Å². The van der Waals surface area contributed by atoms with E-state index in [-0.39, 0.29) is 5.97 Å². The number of carbonyl (C=O) groups excluding carboxylic acids is 2. The molecule has 0 amide bonds. The molecule has 0 saturated heterocycles. The number of rotatable bonds is 4. The zero-order valence-electron chi connectivity index (χ0n) is 10.3. The summed E-state index contributed by atoms with van der Waals surface area (Å²) in [6, 6.07) is 0. The van der Waals surface area contributed by atoms with Gasteiger partial charge in [-0.3, -0.25) is 4.79 Å². The van der Waals surface area contributed by atoms with Crippen LogP contribution in [0.5, 0.6) is 0 Å². The first kappa shape index (κ1) is 11.5. The monoisotopic (exact) mass is 248 g/mol. The highest BCUT2D eigenvalue weighted by Crippen LogP contribution is 2.57. The van der Waals surface area contributed by atoms with Gasteiger partial charge in [0.15, 0.2) is 0 Å². The molecule has 3 unspecified atom stereocenters. The van der Waals surface area contributed by atoms with Crippen molar-refractivity contribution in [2.24, 2.45) is 23.7 Å². The highest BCUT2D eigenvalue weighted by molar-refractivity contribution is 5.89. The number of esters is 1. The molecule has 0 aliphatic heterocycles. The Morgan fingerprint density at radius 1 is 1.50 bits per heavy atom. The third-order valence-electron chi connectivity index (χ3n) is 4.55. The Morgan fingerprint density at radius 2 is 2.33 bits per heavy atom. The average molecular weight is 248 g/mol. The van der Waals surface area contributed by atoms with E-state index in [2.05, 4.69) is 12.2 Å². The number of ether oxygens (including phenoxy) is 2. The van der Waals surface area contributed by atoms with E-state index in [1.807, 2.05) is 0 Å². The molecule has 3 rings (SSSR count). The molecule has 0 spiro atoms. The van der Waals surface area contributed by atoms with Crippen LogP contribution in [-0.4, -0.2) is 26.2 Å². The minimum absolute atomic E-state index is 0.200. The molecule has 3 aliphatic rings. The fourth-order valence-electron chi connectivity index (χ4n) is 3.86. The van der Waals surface area contributed by atoms with Crippen LogP contribution >= 0.6 is 0 Å². The standard InChI is InChI=1S/C14H16O4/c1-17-14(16)9-4-11-8-2-10(6-18-7-15)12(3-8)13(11)5-9/h2,4,7-8,11-13H,3,5-6H2,1H3/t8?,11?,12-,13?/m1/s1. The molecule has 0 radical (unpaired) electrons. The molecule has 4 nitrogen and oxygen atoms in total. The van der Waals surface area contributed by atoms with Crippen molar-refractivity contribution in [1.29, 1.82) is 0 Å². The molecule has 0 aromatic heterocycles. The predicted molar refractivity (Wildman–Crippen MR) is 63.4 cm³/mol. The third kappa shape index (κ3) is 1.59. The Balaban J connectivity index is 1.73. The molecule has 1 saturated carbocycles. The second-order valence-corrected chi connectivity index (χ2v) is 5.28. The molecule has 0 N–H and O–H groups in total. The van der Waals surface area contributed by atoms with Crippen molar-refractivity contribution < 1.29 is 19.1 Å². The van der Waals surface area contributed by atoms with E-state index in [1.54, 1.807) is 0 Å². The van der Waals surface area contributed by atoms with Crippen LogP contribution < -0.4 is 0 Å². The summed E-state index contributed by atoms with van der Waals surface area (Å²) in [5, 5.41) is 0. The summed E-state index contributed by atoms with van der Waals surface area (Å²) in [5.41, 5.74) is 2.04. The van der Waals surface area contributed by atoms with Crippen molar-refractivity contribution >= 4 is 12.4 Å². The number of carbonyl (C=O) groups is 2. The fraction of sp³-hybridized carbons (Fsp3) is 0.571. The minimum Gasteiger partial charge on any atom is -0.466 e. The van der Waals surface area contributed by atoms with E-state index >= 15 is 0 Å². The second kappa shape index (κ2) is 4.26. The first-order chi connectivity index (χ1) is 8.74. The van der Waals surface area contributed by atoms with E-state index in [0.29, 0.717) is 36.8 Å². The summed E-state index contributed by atoms with van der Waals surface area (Å²) in [6.07, 6.45) is 6.26. The van der Waals surface area contributed by atoms with Crippen molar-refractivity contribution in [2.75, 3.05) is 13.7 Å². The number of fused-ring (bicyclic) bond motifs is 5. The third-order valence-corrected chi connectivity index (χ3v) is 4.55.